The molecule has 31 heavy (non-hydrogen) atoms. The Morgan fingerprint density at radius 1 is 1.06 bits per heavy atom. The minimum atomic E-state index is -0.0416. The van der Waals surface area contributed by atoms with E-state index in [-0.39, 0.29) is 11.8 Å². The van der Waals surface area contributed by atoms with Crippen molar-refractivity contribution in [3.63, 3.8) is 0 Å². The predicted octanol–water partition coefficient (Wildman–Crippen LogP) is 3.59. The molecule has 0 atom stereocenters. The molecule has 0 radical (unpaired) electrons. The van der Waals surface area contributed by atoms with Crippen LogP contribution in [-0.4, -0.2) is 62.2 Å². The van der Waals surface area contributed by atoms with Crippen LogP contribution in [-0.2, 0) is 22.7 Å². The molecule has 0 aromatic heterocycles. The molecule has 1 fully saturated rings. The number of amides is 1. The fraction of sp³-hybridized carbons (Fsp3) is 0.480. The van der Waals surface area contributed by atoms with Crippen LogP contribution in [0.15, 0.2) is 48.5 Å². The van der Waals surface area contributed by atoms with Gasteiger partial charge in [0.1, 0.15) is 6.61 Å². The van der Waals surface area contributed by atoms with Crippen LogP contribution in [0, 0.1) is 5.92 Å². The van der Waals surface area contributed by atoms with E-state index in [0.717, 1.165) is 44.0 Å². The van der Waals surface area contributed by atoms with Gasteiger partial charge in [-0.15, -0.1) is 0 Å². The maximum absolute atomic E-state index is 12.8. The lowest BCUT2D eigenvalue weighted by molar-refractivity contribution is -0.135. The van der Waals surface area contributed by atoms with Crippen LogP contribution in [0.5, 0.6) is 11.5 Å². The number of nitrogens with zero attached hydrogens (tertiary/aromatic N) is 2. The molecule has 1 amide bonds. The third kappa shape index (κ3) is 6.97. The number of carbonyl (C=O) groups is 1. The van der Waals surface area contributed by atoms with Crippen LogP contribution in [0.4, 0.5) is 0 Å². The number of carbonyl (C=O) groups excluding carboxylic acids is 1. The van der Waals surface area contributed by atoms with Gasteiger partial charge in [0, 0.05) is 38.6 Å². The Morgan fingerprint density at radius 3 is 2.48 bits per heavy atom. The van der Waals surface area contributed by atoms with Crippen molar-refractivity contribution in [3.05, 3.63) is 59.7 Å². The molecule has 1 saturated heterocycles. The highest BCUT2D eigenvalue weighted by atomic mass is 16.5. The van der Waals surface area contributed by atoms with E-state index in [2.05, 4.69) is 4.90 Å². The van der Waals surface area contributed by atoms with E-state index in [1.165, 1.54) is 0 Å². The fourth-order valence-electron chi connectivity index (χ4n) is 3.60. The van der Waals surface area contributed by atoms with Crippen molar-refractivity contribution < 1.29 is 19.0 Å². The van der Waals surface area contributed by atoms with Crippen molar-refractivity contribution in [3.8, 4) is 11.5 Å². The Balaban J connectivity index is 1.65. The quantitative estimate of drug-likeness (QED) is 0.581. The van der Waals surface area contributed by atoms with Crippen LogP contribution < -0.4 is 9.47 Å². The monoisotopic (exact) mass is 426 g/mol. The molecule has 0 unspecified atom stereocenters. The van der Waals surface area contributed by atoms with E-state index in [1.54, 1.807) is 7.11 Å². The Morgan fingerprint density at radius 2 is 1.81 bits per heavy atom. The van der Waals surface area contributed by atoms with Gasteiger partial charge >= 0.3 is 0 Å². The van der Waals surface area contributed by atoms with E-state index in [4.69, 9.17) is 14.2 Å². The van der Waals surface area contributed by atoms with Gasteiger partial charge in [0.2, 0.25) is 5.91 Å². The summed E-state index contributed by atoms with van der Waals surface area (Å²) in [5.41, 5.74) is 2.13. The van der Waals surface area contributed by atoms with Crippen molar-refractivity contribution >= 4 is 5.91 Å². The highest BCUT2D eigenvalue weighted by Gasteiger charge is 2.20. The minimum absolute atomic E-state index is 0.0416. The van der Waals surface area contributed by atoms with Crippen LogP contribution >= 0.6 is 0 Å². The van der Waals surface area contributed by atoms with Gasteiger partial charge in [0.25, 0.3) is 0 Å². The van der Waals surface area contributed by atoms with E-state index in [0.29, 0.717) is 31.2 Å². The molecule has 0 aliphatic carbocycles. The molecule has 0 bridgehead atoms. The number of hydrogen-bond donors (Lipinski definition) is 0. The maximum atomic E-state index is 12.8. The summed E-state index contributed by atoms with van der Waals surface area (Å²) in [4.78, 5) is 17.1. The third-order valence-electron chi connectivity index (χ3n) is 5.43. The third-order valence-corrected chi connectivity index (χ3v) is 5.43. The van der Waals surface area contributed by atoms with Gasteiger partial charge in [-0.05, 0) is 23.3 Å². The van der Waals surface area contributed by atoms with Crippen molar-refractivity contribution in [2.45, 2.75) is 27.0 Å². The molecular weight excluding hydrogens is 392 g/mol. The number of benzene rings is 2. The second-order valence-electron chi connectivity index (χ2n) is 8.13. The average molecular weight is 427 g/mol. The van der Waals surface area contributed by atoms with Gasteiger partial charge in [-0.2, -0.15) is 0 Å². The molecule has 1 aliphatic heterocycles. The summed E-state index contributed by atoms with van der Waals surface area (Å²) >= 11 is 0. The lowest BCUT2D eigenvalue weighted by Crippen LogP contribution is -2.43. The van der Waals surface area contributed by atoms with Gasteiger partial charge in [-0.25, -0.2) is 0 Å². The van der Waals surface area contributed by atoms with Gasteiger partial charge in [0.15, 0.2) is 11.5 Å². The van der Waals surface area contributed by atoms with Crippen LogP contribution in [0.25, 0.3) is 0 Å². The first kappa shape index (κ1) is 23.1. The van der Waals surface area contributed by atoms with Gasteiger partial charge in [-0.1, -0.05) is 50.2 Å². The Bertz CT molecular complexity index is 820. The molecule has 0 spiro atoms. The summed E-state index contributed by atoms with van der Waals surface area (Å²) < 4.78 is 17.0. The topological polar surface area (TPSA) is 51.2 Å². The molecule has 1 aliphatic rings. The molecule has 6 nitrogen and oxygen atoms in total. The van der Waals surface area contributed by atoms with Crippen molar-refractivity contribution in [1.82, 2.24) is 9.80 Å². The van der Waals surface area contributed by atoms with E-state index in [9.17, 15) is 4.79 Å². The summed E-state index contributed by atoms with van der Waals surface area (Å²) in [6, 6.07) is 16.0. The minimum Gasteiger partial charge on any atom is -0.493 e. The first-order chi connectivity index (χ1) is 15.1. The Labute approximate surface area is 185 Å². The lowest BCUT2D eigenvalue weighted by atomic mass is 10.1. The van der Waals surface area contributed by atoms with Crippen LogP contribution in [0.1, 0.15) is 25.0 Å². The first-order valence-electron chi connectivity index (χ1n) is 11.0. The van der Waals surface area contributed by atoms with Gasteiger partial charge < -0.3 is 19.1 Å². The van der Waals surface area contributed by atoms with Crippen molar-refractivity contribution in [2.24, 2.45) is 5.92 Å². The van der Waals surface area contributed by atoms with E-state index >= 15 is 0 Å². The molecule has 6 heteroatoms. The van der Waals surface area contributed by atoms with E-state index < -0.39 is 0 Å². The van der Waals surface area contributed by atoms with Gasteiger partial charge in [-0.3, -0.25) is 9.69 Å². The SMILES string of the molecule is COc1cc(CN(CCN2CCOCC2)C(=O)C(C)C)ccc1OCc1ccccc1. The largest absolute Gasteiger partial charge is 0.493 e. The summed E-state index contributed by atoms with van der Waals surface area (Å²) in [5, 5.41) is 0. The number of rotatable bonds is 10. The smallest absolute Gasteiger partial charge is 0.225 e. The van der Waals surface area contributed by atoms with Crippen molar-refractivity contribution in [2.75, 3.05) is 46.5 Å². The standard InChI is InChI=1S/C25H34N2O4/c1-20(2)25(28)27(12-11-26-13-15-30-16-14-26)18-22-9-10-23(24(17-22)29-3)31-19-21-7-5-4-6-8-21/h4-10,17,20H,11-16,18-19H2,1-3H3. The second-order valence-corrected chi connectivity index (χ2v) is 8.13. The predicted molar refractivity (Wildman–Crippen MR) is 121 cm³/mol. The Kier molecular flexibility index (Phi) is 8.74. The normalized spacial score (nSPS) is 14.5. The number of morpholine rings is 1. The summed E-state index contributed by atoms with van der Waals surface area (Å²) in [6.45, 7) is 9.86. The zero-order valence-electron chi connectivity index (χ0n) is 18.9. The zero-order valence-corrected chi connectivity index (χ0v) is 18.9. The van der Waals surface area contributed by atoms with Crippen LogP contribution in [0.2, 0.25) is 0 Å². The summed E-state index contributed by atoms with van der Waals surface area (Å²) in [6.07, 6.45) is 0. The Hall–Kier alpha value is -2.57. The number of ether oxygens (including phenoxy) is 3. The molecule has 1 heterocycles. The fourth-order valence-corrected chi connectivity index (χ4v) is 3.60. The summed E-state index contributed by atoms with van der Waals surface area (Å²) in [7, 11) is 1.64. The highest BCUT2D eigenvalue weighted by Crippen LogP contribution is 2.29. The second kappa shape index (κ2) is 11.7. The molecule has 2 aromatic carbocycles. The first-order valence-corrected chi connectivity index (χ1v) is 11.0. The highest BCUT2D eigenvalue weighted by molar-refractivity contribution is 5.78. The molecule has 0 N–H and O–H groups in total. The molecule has 0 saturated carbocycles. The molecule has 3 rings (SSSR count). The van der Waals surface area contributed by atoms with Gasteiger partial charge in [0.05, 0.1) is 20.3 Å². The number of hydrogen-bond acceptors (Lipinski definition) is 5. The molecular formula is C25H34N2O4. The molecule has 2 aromatic rings. The van der Waals surface area contributed by atoms with Crippen molar-refractivity contribution in [1.29, 1.82) is 0 Å². The summed E-state index contributed by atoms with van der Waals surface area (Å²) in [5.74, 6) is 1.50. The van der Waals surface area contributed by atoms with E-state index in [1.807, 2.05) is 67.3 Å². The van der Waals surface area contributed by atoms with Crippen LogP contribution in [0.3, 0.4) is 0 Å². The zero-order chi connectivity index (χ0) is 22.1. The number of methoxy groups -OCH3 is 1. The lowest BCUT2D eigenvalue weighted by Gasteiger charge is -2.31. The maximum Gasteiger partial charge on any atom is 0.225 e. The molecule has 168 valence electrons. The average Bonchev–Trinajstić information content (AvgIpc) is 2.81.